The largest absolute Gasteiger partial charge is 0.330 e. The Morgan fingerprint density at radius 3 is 2.50 bits per heavy atom. The Labute approximate surface area is 67.8 Å². The van der Waals surface area contributed by atoms with Gasteiger partial charge in [-0.2, -0.15) is 0 Å². The molecule has 0 fully saturated rings. The fraction of sp³-hybridized carbons (Fsp3) is 0.333. The predicted molar refractivity (Wildman–Crippen MR) is 42.5 cm³/mol. The molecule has 2 N–H and O–H groups in total. The molecular formula is C6H8BrN3. The van der Waals surface area contributed by atoms with Crippen LogP contribution in [0.25, 0.3) is 0 Å². The SMILES string of the molecule is NCCc1ncc(Br)cn1. The Morgan fingerprint density at radius 2 is 2.00 bits per heavy atom. The molecule has 0 aliphatic heterocycles. The fourth-order valence-corrected chi connectivity index (χ4v) is 0.802. The lowest BCUT2D eigenvalue weighted by molar-refractivity contribution is 0.864. The average Bonchev–Trinajstić information content (AvgIpc) is 1.95. The van der Waals surface area contributed by atoms with Crippen molar-refractivity contribution in [1.29, 1.82) is 0 Å². The first-order valence-corrected chi connectivity index (χ1v) is 3.78. The van der Waals surface area contributed by atoms with Gasteiger partial charge in [0.15, 0.2) is 0 Å². The van der Waals surface area contributed by atoms with Crippen molar-refractivity contribution in [2.24, 2.45) is 5.73 Å². The van der Waals surface area contributed by atoms with Gasteiger partial charge in [-0.05, 0) is 22.5 Å². The maximum atomic E-state index is 5.31. The Morgan fingerprint density at radius 1 is 1.40 bits per heavy atom. The molecule has 1 rings (SSSR count). The van der Waals surface area contributed by atoms with Crippen molar-refractivity contribution in [3.8, 4) is 0 Å². The number of halogens is 1. The van der Waals surface area contributed by atoms with E-state index in [1.165, 1.54) is 0 Å². The Bertz CT molecular complexity index is 197. The van der Waals surface area contributed by atoms with E-state index in [0.717, 1.165) is 16.7 Å². The molecule has 1 aromatic heterocycles. The highest BCUT2D eigenvalue weighted by Crippen LogP contribution is 2.03. The summed E-state index contributed by atoms with van der Waals surface area (Å²) in [7, 11) is 0. The van der Waals surface area contributed by atoms with E-state index < -0.39 is 0 Å². The molecule has 0 unspecified atom stereocenters. The van der Waals surface area contributed by atoms with Gasteiger partial charge in [0.2, 0.25) is 0 Å². The van der Waals surface area contributed by atoms with Crippen LogP contribution in [-0.2, 0) is 6.42 Å². The molecule has 0 radical (unpaired) electrons. The summed E-state index contributed by atoms with van der Waals surface area (Å²) in [6.45, 7) is 0.599. The van der Waals surface area contributed by atoms with Crippen LogP contribution in [0.4, 0.5) is 0 Å². The molecule has 3 nitrogen and oxygen atoms in total. The highest BCUT2D eigenvalue weighted by molar-refractivity contribution is 9.10. The lowest BCUT2D eigenvalue weighted by Gasteiger charge is -1.94. The van der Waals surface area contributed by atoms with Crippen LogP contribution in [0.1, 0.15) is 5.82 Å². The van der Waals surface area contributed by atoms with Crippen LogP contribution in [-0.4, -0.2) is 16.5 Å². The molecule has 0 bridgehead atoms. The molecule has 54 valence electrons. The smallest absolute Gasteiger partial charge is 0.129 e. The van der Waals surface area contributed by atoms with Crippen LogP contribution in [0, 0.1) is 0 Å². The first-order valence-electron chi connectivity index (χ1n) is 2.99. The van der Waals surface area contributed by atoms with Gasteiger partial charge in [-0.25, -0.2) is 9.97 Å². The van der Waals surface area contributed by atoms with Gasteiger partial charge < -0.3 is 5.73 Å². The second-order valence-corrected chi connectivity index (χ2v) is 2.77. The molecule has 0 saturated carbocycles. The molecule has 0 amide bonds. The summed E-state index contributed by atoms with van der Waals surface area (Å²) in [5.74, 6) is 0.797. The normalized spacial score (nSPS) is 9.80. The van der Waals surface area contributed by atoms with Crippen molar-refractivity contribution in [2.45, 2.75) is 6.42 Å². The van der Waals surface area contributed by atoms with E-state index in [9.17, 15) is 0 Å². The number of rotatable bonds is 2. The van der Waals surface area contributed by atoms with Gasteiger partial charge in [0, 0.05) is 18.8 Å². The van der Waals surface area contributed by atoms with Crippen molar-refractivity contribution in [2.75, 3.05) is 6.54 Å². The predicted octanol–water partition coefficient (Wildman–Crippen LogP) is 0.740. The fourth-order valence-electron chi connectivity index (χ4n) is 0.597. The zero-order chi connectivity index (χ0) is 7.40. The quantitative estimate of drug-likeness (QED) is 0.769. The van der Waals surface area contributed by atoms with Gasteiger partial charge in [-0.3, -0.25) is 0 Å². The van der Waals surface area contributed by atoms with E-state index in [-0.39, 0.29) is 0 Å². The van der Waals surface area contributed by atoms with E-state index in [0.29, 0.717) is 6.54 Å². The summed E-state index contributed by atoms with van der Waals surface area (Å²) in [6.07, 6.45) is 4.18. The highest BCUT2D eigenvalue weighted by Gasteiger charge is 1.92. The standard InChI is InChI=1S/C6H8BrN3/c7-5-3-9-6(1-2-8)10-4-5/h3-4H,1-2,8H2. The molecule has 1 aromatic rings. The van der Waals surface area contributed by atoms with E-state index in [1.54, 1.807) is 12.4 Å². The van der Waals surface area contributed by atoms with Crippen molar-refractivity contribution in [3.05, 3.63) is 22.7 Å². The lowest BCUT2D eigenvalue weighted by Crippen LogP contribution is -2.05. The van der Waals surface area contributed by atoms with Crippen LogP contribution in [0.5, 0.6) is 0 Å². The van der Waals surface area contributed by atoms with E-state index >= 15 is 0 Å². The monoisotopic (exact) mass is 201 g/mol. The summed E-state index contributed by atoms with van der Waals surface area (Å²) >= 11 is 3.24. The van der Waals surface area contributed by atoms with Crippen LogP contribution in [0.2, 0.25) is 0 Å². The molecule has 1 heterocycles. The molecule has 0 aliphatic rings. The van der Waals surface area contributed by atoms with Crippen LogP contribution >= 0.6 is 15.9 Å². The topological polar surface area (TPSA) is 51.8 Å². The van der Waals surface area contributed by atoms with Crippen molar-refractivity contribution in [3.63, 3.8) is 0 Å². The average molecular weight is 202 g/mol. The van der Waals surface area contributed by atoms with Gasteiger partial charge in [0.05, 0.1) is 4.47 Å². The molecule has 0 aromatic carbocycles. The second-order valence-electron chi connectivity index (χ2n) is 1.86. The molecular weight excluding hydrogens is 194 g/mol. The lowest BCUT2D eigenvalue weighted by atomic mass is 10.4. The summed E-state index contributed by atoms with van der Waals surface area (Å²) in [6, 6.07) is 0. The van der Waals surface area contributed by atoms with Gasteiger partial charge in [0.25, 0.3) is 0 Å². The summed E-state index contributed by atoms with van der Waals surface area (Å²) in [5, 5.41) is 0. The van der Waals surface area contributed by atoms with Crippen LogP contribution in [0.3, 0.4) is 0 Å². The third-order valence-corrected chi connectivity index (χ3v) is 1.45. The maximum Gasteiger partial charge on any atom is 0.129 e. The van der Waals surface area contributed by atoms with E-state index in [4.69, 9.17) is 5.73 Å². The number of aromatic nitrogens is 2. The Hall–Kier alpha value is -0.480. The van der Waals surface area contributed by atoms with Gasteiger partial charge in [-0.1, -0.05) is 0 Å². The first-order chi connectivity index (χ1) is 4.83. The zero-order valence-corrected chi connectivity index (χ0v) is 7.00. The minimum Gasteiger partial charge on any atom is -0.330 e. The van der Waals surface area contributed by atoms with E-state index in [1.807, 2.05) is 0 Å². The summed E-state index contributed by atoms with van der Waals surface area (Å²) < 4.78 is 0.897. The van der Waals surface area contributed by atoms with Gasteiger partial charge in [0.1, 0.15) is 5.82 Å². The van der Waals surface area contributed by atoms with Crippen LogP contribution < -0.4 is 5.73 Å². The van der Waals surface area contributed by atoms with Crippen molar-refractivity contribution >= 4 is 15.9 Å². The third kappa shape index (κ3) is 2.04. The Kier molecular flexibility index (Phi) is 2.77. The maximum absolute atomic E-state index is 5.31. The number of nitrogens with zero attached hydrogens (tertiary/aromatic N) is 2. The van der Waals surface area contributed by atoms with E-state index in [2.05, 4.69) is 25.9 Å². The summed E-state index contributed by atoms with van der Waals surface area (Å²) in [5.41, 5.74) is 5.31. The minimum absolute atomic E-state index is 0.599. The summed E-state index contributed by atoms with van der Waals surface area (Å²) in [4.78, 5) is 8.06. The molecule has 0 saturated heterocycles. The minimum atomic E-state index is 0.599. The van der Waals surface area contributed by atoms with Crippen molar-refractivity contribution in [1.82, 2.24) is 9.97 Å². The second kappa shape index (κ2) is 3.63. The first kappa shape index (κ1) is 7.63. The number of hydrogen-bond acceptors (Lipinski definition) is 3. The molecule has 4 heteroatoms. The van der Waals surface area contributed by atoms with Crippen molar-refractivity contribution < 1.29 is 0 Å². The van der Waals surface area contributed by atoms with Crippen LogP contribution in [0.15, 0.2) is 16.9 Å². The molecule has 0 spiro atoms. The molecule has 10 heavy (non-hydrogen) atoms. The Balaban J connectivity index is 2.69. The number of hydrogen-bond donors (Lipinski definition) is 1. The van der Waals surface area contributed by atoms with Gasteiger partial charge in [-0.15, -0.1) is 0 Å². The molecule has 0 aliphatic carbocycles. The number of nitrogens with two attached hydrogens (primary N) is 1. The van der Waals surface area contributed by atoms with Gasteiger partial charge >= 0.3 is 0 Å². The highest BCUT2D eigenvalue weighted by atomic mass is 79.9. The zero-order valence-electron chi connectivity index (χ0n) is 5.42. The third-order valence-electron chi connectivity index (χ3n) is 1.04. The molecule has 0 atom stereocenters.